The van der Waals surface area contributed by atoms with Crippen molar-refractivity contribution >= 4 is 0 Å². The van der Waals surface area contributed by atoms with Gasteiger partial charge in [-0.2, -0.15) is 0 Å². The summed E-state index contributed by atoms with van der Waals surface area (Å²) in [7, 11) is 0. The molecule has 0 aromatic carbocycles. The summed E-state index contributed by atoms with van der Waals surface area (Å²) in [6.45, 7) is 5.42. The molecule has 2 rings (SSSR count). The Labute approximate surface area is 119 Å². The normalized spacial score (nSPS) is 34.4. The van der Waals surface area contributed by atoms with Crippen molar-refractivity contribution in [3.05, 3.63) is 0 Å². The molecule has 19 heavy (non-hydrogen) atoms. The van der Waals surface area contributed by atoms with Gasteiger partial charge in [-0.15, -0.1) is 0 Å². The van der Waals surface area contributed by atoms with Gasteiger partial charge in [-0.3, -0.25) is 0 Å². The minimum absolute atomic E-state index is 0.0143. The molecule has 2 fully saturated rings. The maximum Gasteiger partial charge on any atom is 0.0808 e. The predicted molar refractivity (Wildman–Crippen MR) is 81.2 cm³/mol. The molecule has 2 heteroatoms. The van der Waals surface area contributed by atoms with Crippen LogP contribution >= 0.6 is 0 Å². The first-order valence-electron chi connectivity index (χ1n) is 8.53. The Morgan fingerprint density at radius 2 is 1.58 bits per heavy atom. The van der Waals surface area contributed by atoms with Crippen molar-refractivity contribution < 1.29 is 4.74 Å². The molecule has 0 aromatic heterocycles. The van der Waals surface area contributed by atoms with Gasteiger partial charge < -0.3 is 10.5 Å². The second kappa shape index (κ2) is 7.08. The summed E-state index contributed by atoms with van der Waals surface area (Å²) >= 11 is 0. The van der Waals surface area contributed by atoms with E-state index in [2.05, 4.69) is 13.8 Å². The topological polar surface area (TPSA) is 35.2 Å². The van der Waals surface area contributed by atoms with Crippen LogP contribution in [0, 0.1) is 11.8 Å². The lowest BCUT2D eigenvalue weighted by Gasteiger charge is -2.42. The van der Waals surface area contributed by atoms with Crippen LogP contribution in [0.2, 0.25) is 0 Å². The zero-order valence-electron chi connectivity index (χ0n) is 13.0. The standard InChI is InChI=1S/C17H33NO/c1-14(2)15-9-11-17(13-18,12-10-15)19-16-7-5-3-4-6-8-16/h14-16H,3-13,18H2,1-2H3. The van der Waals surface area contributed by atoms with E-state index >= 15 is 0 Å². The van der Waals surface area contributed by atoms with Crippen molar-refractivity contribution in [1.29, 1.82) is 0 Å². The van der Waals surface area contributed by atoms with Gasteiger partial charge in [0.2, 0.25) is 0 Å². The number of rotatable bonds is 4. The Morgan fingerprint density at radius 3 is 2.05 bits per heavy atom. The van der Waals surface area contributed by atoms with E-state index < -0.39 is 0 Å². The van der Waals surface area contributed by atoms with Crippen molar-refractivity contribution in [3.63, 3.8) is 0 Å². The first-order chi connectivity index (χ1) is 9.15. The zero-order chi connectivity index (χ0) is 13.7. The highest BCUT2D eigenvalue weighted by atomic mass is 16.5. The van der Waals surface area contributed by atoms with Crippen LogP contribution in [0.1, 0.15) is 78.1 Å². The molecule has 2 aliphatic rings. The Bertz CT molecular complexity index is 248. The molecule has 0 radical (unpaired) electrons. The van der Waals surface area contributed by atoms with Gasteiger partial charge in [0.1, 0.15) is 0 Å². The van der Waals surface area contributed by atoms with Crippen LogP contribution in [0.3, 0.4) is 0 Å². The largest absolute Gasteiger partial charge is 0.370 e. The van der Waals surface area contributed by atoms with E-state index in [0.717, 1.165) is 11.8 Å². The molecule has 0 unspecified atom stereocenters. The Morgan fingerprint density at radius 1 is 1.00 bits per heavy atom. The molecule has 0 spiro atoms. The summed E-state index contributed by atoms with van der Waals surface area (Å²) in [6.07, 6.45) is 13.5. The molecule has 2 nitrogen and oxygen atoms in total. The summed E-state index contributed by atoms with van der Waals surface area (Å²) in [4.78, 5) is 0. The van der Waals surface area contributed by atoms with E-state index in [9.17, 15) is 0 Å². The Hall–Kier alpha value is -0.0800. The molecule has 0 heterocycles. The van der Waals surface area contributed by atoms with E-state index in [1.807, 2.05) is 0 Å². The maximum absolute atomic E-state index is 6.55. The first kappa shape index (κ1) is 15.3. The summed E-state index contributed by atoms with van der Waals surface area (Å²) < 4.78 is 6.55. The summed E-state index contributed by atoms with van der Waals surface area (Å²) in [5, 5.41) is 0. The lowest BCUT2D eigenvalue weighted by Crippen LogP contribution is -2.46. The van der Waals surface area contributed by atoms with Crippen LogP contribution in [0.4, 0.5) is 0 Å². The fraction of sp³-hybridized carbons (Fsp3) is 1.00. The number of hydrogen-bond donors (Lipinski definition) is 1. The molecule has 0 amide bonds. The quantitative estimate of drug-likeness (QED) is 0.772. The van der Waals surface area contributed by atoms with Gasteiger partial charge in [0, 0.05) is 6.54 Å². The van der Waals surface area contributed by atoms with Gasteiger partial charge in [0.15, 0.2) is 0 Å². The molecule has 0 bridgehead atoms. The van der Waals surface area contributed by atoms with E-state index in [-0.39, 0.29) is 5.60 Å². The number of nitrogens with two attached hydrogens (primary N) is 1. The molecule has 0 saturated heterocycles. The molecule has 0 aromatic rings. The van der Waals surface area contributed by atoms with E-state index in [1.165, 1.54) is 64.2 Å². The van der Waals surface area contributed by atoms with E-state index in [4.69, 9.17) is 10.5 Å². The molecule has 2 N–H and O–H groups in total. The summed E-state index contributed by atoms with van der Waals surface area (Å²) in [6, 6.07) is 0. The lowest BCUT2D eigenvalue weighted by molar-refractivity contribution is -0.119. The highest BCUT2D eigenvalue weighted by Gasteiger charge is 2.37. The van der Waals surface area contributed by atoms with Crippen LogP contribution in [0.25, 0.3) is 0 Å². The fourth-order valence-corrected chi connectivity index (χ4v) is 3.92. The summed E-state index contributed by atoms with van der Waals surface area (Å²) in [5.41, 5.74) is 6.11. The highest BCUT2D eigenvalue weighted by molar-refractivity contribution is 4.90. The van der Waals surface area contributed by atoms with Crippen LogP contribution in [-0.4, -0.2) is 18.2 Å². The third kappa shape index (κ3) is 4.19. The van der Waals surface area contributed by atoms with Gasteiger partial charge >= 0.3 is 0 Å². The van der Waals surface area contributed by atoms with Crippen LogP contribution in [-0.2, 0) is 4.74 Å². The third-order valence-electron chi connectivity index (χ3n) is 5.48. The SMILES string of the molecule is CC(C)C1CCC(CN)(OC2CCCCCC2)CC1. The van der Waals surface area contributed by atoms with Crippen LogP contribution in [0.15, 0.2) is 0 Å². The van der Waals surface area contributed by atoms with Gasteiger partial charge in [0.25, 0.3) is 0 Å². The van der Waals surface area contributed by atoms with Gasteiger partial charge in [-0.05, 0) is 50.4 Å². The van der Waals surface area contributed by atoms with Gasteiger partial charge in [0.05, 0.1) is 11.7 Å². The van der Waals surface area contributed by atoms with Crippen molar-refractivity contribution in [2.24, 2.45) is 17.6 Å². The first-order valence-corrected chi connectivity index (χ1v) is 8.53. The molecular formula is C17H33NO. The molecule has 0 atom stereocenters. The fourth-order valence-electron chi connectivity index (χ4n) is 3.92. The van der Waals surface area contributed by atoms with E-state index in [0.29, 0.717) is 12.6 Å². The molecule has 0 aliphatic heterocycles. The zero-order valence-corrected chi connectivity index (χ0v) is 13.0. The average Bonchev–Trinajstić information content (AvgIpc) is 2.68. The lowest BCUT2D eigenvalue weighted by atomic mass is 9.74. The highest BCUT2D eigenvalue weighted by Crippen LogP contribution is 2.39. The molecule has 112 valence electrons. The Kier molecular flexibility index (Phi) is 5.70. The number of ether oxygens (including phenoxy) is 1. The monoisotopic (exact) mass is 267 g/mol. The smallest absolute Gasteiger partial charge is 0.0808 e. The van der Waals surface area contributed by atoms with Crippen molar-refractivity contribution in [2.45, 2.75) is 89.8 Å². The Balaban J connectivity index is 1.88. The van der Waals surface area contributed by atoms with Crippen molar-refractivity contribution in [2.75, 3.05) is 6.54 Å². The van der Waals surface area contributed by atoms with Crippen LogP contribution in [0.5, 0.6) is 0 Å². The minimum atomic E-state index is 0.0143. The van der Waals surface area contributed by atoms with Gasteiger partial charge in [-0.25, -0.2) is 0 Å². The molecule has 2 aliphatic carbocycles. The molecular weight excluding hydrogens is 234 g/mol. The second-order valence-corrected chi connectivity index (χ2v) is 7.20. The third-order valence-corrected chi connectivity index (χ3v) is 5.48. The summed E-state index contributed by atoms with van der Waals surface area (Å²) in [5.74, 6) is 1.70. The van der Waals surface area contributed by atoms with E-state index in [1.54, 1.807) is 0 Å². The number of hydrogen-bond acceptors (Lipinski definition) is 2. The predicted octanol–water partition coefficient (Wildman–Crippen LogP) is 4.27. The molecule has 2 saturated carbocycles. The second-order valence-electron chi connectivity index (χ2n) is 7.20. The average molecular weight is 267 g/mol. The van der Waals surface area contributed by atoms with Crippen LogP contribution < -0.4 is 5.73 Å². The van der Waals surface area contributed by atoms with Crippen molar-refractivity contribution in [3.8, 4) is 0 Å². The van der Waals surface area contributed by atoms with Crippen molar-refractivity contribution in [1.82, 2.24) is 0 Å². The minimum Gasteiger partial charge on any atom is -0.370 e. The maximum atomic E-state index is 6.55. The van der Waals surface area contributed by atoms with Gasteiger partial charge in [-0.1, -0.05) is 39.5 Å².